The van der Waals surface area contributed by atoms with Crippen LogP contribution in [0.2, 0.25) is 0 Å². The fourth-order valence-electron chi connectivity index (χ4n) is 1.36. The zero-order valence-corrected chi connectivity index (χ0v) is 11.5. The fraction of sp³-hybridized carbons (Fsp3) is 0.923. The van der Waals surface area contributed by atoms with E-state index < -0.39 is 5.97 Å². The molecule has 0 rings (SSSR count). The summed E-state index contributed by atoms with van der Waals surface area (Å²) in [4.78, 5) is 11.0. The van der Waals surface area contributed by atoms with E-state index in [1.807, 2.05) is 13.8 Å². The Morgan fingerprint density at radius 3 is 2.06 bits per heavy atom. The van der Waals surface area contributed by atoms with E-state index in [0.717, 1.165) is 6.54 Å². The van der Waals surface area contributed by atoms with Gasteiger partial charge in [0.15, 0.2) is 0 Å². The predicted molar refractivity (Wildman–Crippen MR) is 67.5 cm³/mol. The number of aliphatic carboxylic acids is 1. The highest BCUT2D eigenvalue weighted by Crippen LogP contribution is 2.24. The van der Waals surface area contributed by atoms with Gasteiger partial charge in [0.05, 0.1) is 5.92 Å². The van der Waals surface area contributed by atoms with Crippen molar-refractivity contribution in [1.29, 1.82) is 0 Å². The summed E-state index contributed by atoms with van der Waals surface area (Å²) >= 11 is 0. The normalized spacial score (nSPS) is 14.5. The van der Waals surface area contributed by atoms with Crippen LogP contribution in [-0.4, -0.2) is 24.2 Å². The highest BCUT2D eigenvalue weighted by molar-refractivity contribution is 5.70. The van der Waals surface area contributed by atoms with Crippen LogP contribution in [0.5, 0.6) is 0 Å². The molecule has 0 aromatic rings. The average molecular weight is 229 g/mol. The molecule has 16 heavy (non-hydrogen) atoms. The van der Waals surface area contributed by atoms with Gasteiger partial charge in [0.1, 0.15) is 0 Å². The zero-order chi connectivity index (χ0) is 12.9. The van der Waals surface area contributed by atoms with Crippen LogP contribution in [0.4, 0.5) is 0 Å². The molecule has 0 heterocycles. The van der Waals surface area contributed by atoms with E-state index in [-0.39, 0.29) is 17.3 Å². The predicted octanol–water partition coefficient (Wildman–Crippen LogP) is 2.62. The van der Waals surface area contributed by atoms with Crippen LogP contribution in [-0.2, 0) is 4.79 Å². The second-order valence-corrected chi connectivity index (χ2v) is 5.96. The number of hydrogen-bond donors (Lipinski definition) is 2. The molecule has 0 aliphatic heterocycles. The van der Waals surface area contributed by atoms with E-state index in [1.165, 1.54) is 0 Å². The van der Waals surface area contributed by atoms with Crippen LogP contribution in [0.15, 0.2) is 0 Å². The topological polar surface area (TPSA) is 49.3 Å². The first-order chi connectivity index (χ1) is 7.18. The number of carbonyl (C=O) groups is 1. The lowest BCUT2D eigenvalue weighted by Crippen LogP contribution is -2.39. The van der Waals surface area contributed by atoms with E-state index in [1.54, 1.807) is 0 Å². The maximum absolute atomic E-state index is 11.0. The molecule has 0 radical (unpaired) electrons. The highest BCUT2D eigenvalue weighted by atomic mass is 16.4. The van der Waals surface area contributed by atoms with Crippen LogP contribution in [0.1, 0.15) is 41.5 Å². The number of nitrogens with one attached hydrogen (secondary N) is 1. The molecule has 1 atom stereocenters. The highest BCUT2D eigenvalue weighted by Gasteiger charge is 2.25. The smallest absolute Gasteiger partial charge is 0.308 e. The third kappa shape index (κ3) is 4.97. The first-order valence-corrected chi connectivity index (χ1v) is 6.12. The largest absolute Gasteiger partial charge is 0.481 e. The standard InChI is InChI=1S/C13H27NO2/c1-9(2)11(12(15)16)7-14-8-13(5,6)10(3)4/h9-11,14H,7-8H2,1-6H3,(H,15,16). The maximum atomic E-state index is 11.0. The molecular formula is C13H27NO2. The van der Waals surface area contributed by atoms with Gasteiger partial charge in [-0.3, -0.25) is 4.79 Å². The van der Waals surface area contributed by atoms with Crippen molar-refractivity contribution >= 4 is 5.97 Å². The average Bonchev–Trinajstić information content (AvgIpc) is 2.10. The molecule has 96 valence electrons. The zero-order valence-electron chi connectivity index (χ0n) is 11.5. The Labute approximate surface area is 99.6 Å². The summed E-state index contributed by atoms with van der Waals surface area (Å²) in [6.07, 6.45) is 0. The number of carboxylic acid groups (broad SMARTS) is 1. The van der Waals surface area contributed by atoms with Crippen LogP contribution in [0.3, 0.4) is 0 Å². The van der Waals surface area contributed by atoms with Crippen LogP contribution < -0.4 is 5.32 Å². The maximum Gasteiger partial charge on any atom is 0.308 e. The lowest BCUT2D eigenvalue weighted by molar-refractivity contribution is -0.143. The SMILES string of the molecule is CC(C)C(CNCC(C)(C)C(C)C)C(=O)O. The van der Waals surface area contributed by atoms with E-state index in [4.69, 9.17) is 5.11 Å². The Morgan fingerprint density at radius 2 is 1.75 bits per heavy atom. The summed E-state index contributed by atoms with van der Waals surface area (Å²) in [6.45, 7) is 14.1. The second kappa shape index (κ2) is 6.24. The molecule has 0 saturated heterocycles. The minimum absolute atomic E-state index is 0.173. The van der Waals surface area contributed by atoms with Gasteiger partial charge in [-0.15, -0.1) is 0 Å². The first-order valence-electron chi connectivity index (χ1n) is 6.12. The molecule has 0 aromatic heterocycles. The summed E-state index contributed by atoms with van der Waals surface area (Å²) in [5.74, 6) is -0.234. The van der Waals surface area contributed by atoms with Gasteiger partial charge in [-0.1, -0.05) is 41.5 Å². The van der Waals surface area contributed by atoms with Gasteiger partial charge in [0.2, 0.25) is 0 Å². The van der Waals surface area contributed by atoms with Crippen molar-refractivity contribution in [2.75, 3.05) is 13.1 Å². The van der Waals surface area contributed by atoms with Gasteiger partial charge < -0.3 is 10.4 Å². The molecule has 2 N–H and O–H groups in total. The monoisotopic (exact) mass is 229 g/mol. The van der Waals surface area contributed by atoms with Crippen molar-refractivity contribution in [2.45, 2.75) is 41.5 Å². The summed E-state index contributed by atoms with van der Waals surface area (Å²) in [5, 5.41) is 12.3. The quantitative estimate of drug-likeness (QED) is 0.705. The summed E-state index contributed by atoms with van der Waals surface area (Å²) in [6, 6.07) is 0. The number of hydrogen-bond acceptors (Lipinski definition) is 2. The van der Waals surface area contributed by atoms with Crippen LogP contribution >= 0.6 is 0 Å². The Morgan fingerprint density at radius 1 is 1.25 bits per heavy atom. The van der Waals surface area contributed by atoms with E-state index in [9.17, 15) is 4.79 Å². The van der Waals surface area contributed by atoms with Gasteiger partial charge in [-0.25, -0.2) is 0 Å². The van der Waals surface area contributed by atoms with Gasteiger partial charge in [-0.05, 0) is 17.3 Å². The summed E-state index contributed by atoms with van der Waals surface area (Å²) in [7, 11) is 0. The van der Waals surface area contributed by atoms with Gasteiger partial charge in [0.25, 0.3) is 0 Å². The van der Waals surface area contributed by atoms with Crippen molar-refractivity contribution in [3.63, 3.8) is 0 Å². The minimum Gasteiger partial charge on any atom is -0.481 e. The molecular weight excluding hydrogens is 202 g/mol. The lowest BCUT2D eigenvalue weighted by Gasteiger charge is -2.30. The molecule has 0 fully saturated rings. The number of rotatable bonds is 7. The molecule has 0 aliphatic rings. The third-order valence-corrected chi connectivity index (χ3v) is 3.63. The molecule has 0 amide bonds. The van der Waals surface area contributed by atoms with Gasteiger partial charge >= 0.3 is 5.97 Å². The van der Waals surface area contributed by atoms with Gasteiger partial charge in [0, 0.05) is 13.1 Å². The van der Waals surface area contributed by atoms with Crippen LogP contribution in [0, 0.1) is 23.2 Å². The van der Waals surface area contributed by atoms with Crippen molar-refractivity contribution in [3.05, 3.63) is 0 Å². The first kappa shape index (κ1) is 15.4. The van der Waals surface area contributed by atoms with Crippen molar-refractivity contribution < 1.29 is 9.90 Å². The van der Waals surface area contributed by atoms with Crippen molar-refractivity contribution in [1.82, 2.24) is 5.32 Å². The van der Waals surface area contributed by atoms with Gasteiger partial charge in [-0.2, -0.15) is 0 Å². The molecule has 0 bridgehead atoms. The van der Waals surface area contributed by atoms with Crippen molar-refractivity contribution in [3.8, 4) is 0 Å². The molecule has 0 saturated carbocycles. The summed E-state index contributed by atoms with van der Waals surface area (Å²) in [5.41, 5.74) is 0.208. The summed E-state index contributed by atoms with van der Waals surface area (Å²) < 4.78 is 0. The van der Waals surface area contributed by atoms with E-state index in [2.05, 4.69) is 33.0 Å². The second-order valence-electron chi connectivity index (χ2n) is 5.96. The molecule has 0 spiro atoms. The van der Waals surface area contributed by atoms with Crippen LogP contribution in [0.25, 0.3) is 0 Å². The van der Waals surface area contributed by atoms with E-state index in [0.29, 0.717) is 12.5 Å². The number of carboxylic acids is 1. The Hall–Kier alpha value is -0.570. The Kier molecular flexibility index (Phi) is 6.01. The third-order valence-electron chi connectivity index (χ3n) is 3.63. The Bertz CT molecular complexity index is 222. The van der Waals surface area contributed by atoms with E-state index >= 15 is 0 Å². The molecule has 3 heteroatoms. The fourth-order valence-corrected chi connectivity index (χ4v) is 1.36. The molecule has 0 aliphatic carbocycles. The lowest BCUT2D eigenvalue weighted by atomic mass is 9.81. The molecule has 3 nitrogen and oxygen atoms in total. The minimum atomic E-state index is -0.704. The van der Waals surface area contributed by atoms with Crippen molar-refractivity contribution in [2.24, 2.45) is 23.2 Å². The molecule has 1 unspecified atom stereocenters. The Balaban J connectivity index is 4.10. The molecule has 0 aromatic carbocycles.